The van der Waals surface area contributed by atoms with Crippen molar-refractivity contribution >= 4 is 5.97 Å². The molecule has 0 atom stereocenters. The van der Waals surface area contributed by atoms with Gasteiger partial charge in [-0.2, -0.15) is 4.98 Å². The predicted octanol–water partition coefficient (Wildman–Crippen LogP) is 1.33. The molecule has 6 nitrogen and oxygen atoms in total. The molecule has 6 heteroatoms. The van der Waals surface area contributed by atoms with Gasteiger partial charge in [-0.05, 0) is 26.7 Å². The van der Waals surface area contributed by atoms with Crippen molar-refractivity contribution in [1.29, 1.82) is 0 Å². The first-order chi connectivity index (χ1) is 8.60. The standard InChI is InChI=1S/C12H19N3O3/c1-8(2)15(7-11(16)17-3)6-10-13-12(18-14-10)9-4-5-9/h8-9H,4-7H2,1-3H3. The second-order valence-corrected chi connectivity index (χ2v) is 4.90. The molecule has 0 bridgehead atoms. The minimum atomic E-state index is -0.255. The van der Waals surface area contributed by atoms with Crippen LogP contribution in [0.3, 0.4) is 0 Å². The molecular weight excluding hydrogens is 234 g/mol. The topological polar surface area (TPSA) is 68.5 Å². The van der Waals surface area contributed by atoms with Crippen molar-refractivity contribution in [3.8, 4) is 0 Å². The Hall–Kier alpha value is -1.43. The first kappa shape index (κ1) is 13.0. The lowest BCUT2D eigenvalue weighted by atomic mass is 10.3. The minimum Gasteiger partial charge on any atom is -0.468 e. The summed E-state index contributed by atoms with van der Waals surface area (Å²) < 4.78 is 9.87. The van der Waals surface area contributed by atoms with Gasteiger partial charge in [-0.3, -0.25) is 9.69 Å². The molecule has 0 N–H and O–H groups in total. The van der Waals surface area contributed by atoms with Crippen molar-refractivity contribution in [2.75, 3.05) is 13.7 Å². The van der Waals surface area contributed by atoms with Crippen molar-refractivity contribution in [2.45, 2.75) is 45.2 Å². The van der Waals surface area contributed by atoms with Crippen LogP contribution in [-0.2, 0) is 16.1 Å². The number of aromatic nitrogens is 2. The molecule has 100 valence electrons. The van der Waals surface area contributed by atoms with Crippen LogP contribution in [0.4, 0.5) is 0 Å². The zero-order chi connectivity index (χ0) is 13.1. The van der Waals surface area contributed by atoms with Crippen LogP contribution in [0.2, 0.25) is 0 Å². The second-order valence-electron chi connectivity index (χ2n) is 4.90. The van der Waals surface area contributed by atoms with Crippen molar-refractivity contribution in [2.24, 2.45) is 0 Å². The van der Waals surface area contributed by atoms with E-state index in [1.165, 1.54) is 7.11 Å². The molecule has 0 unspecified atom stereocenters. The summed E-state index contributed by atoms with van der Waals surface area (Å²) in [5, 5.41) is 3.95. The molecule has 1 aromatic rings. The zero-order valence-electron chi connectivity index (χ0n) is 11.0. The smallest absolute Gasteiger partial charge is 0.319 e. The van der Waals surface area contributed by atoms with Gasteiger partial charge in [0, 0.05) is 12.0 Å². The fourth-order valence-corrected chi connectivity index (χ4v) is 1.66. The van der Waals surface area contributed by atoms with E-state index in [0.29, 0.717) is 18.3 Å². The first-order valence-electron chi connectivity index (χ1n) is 6.23. The third-order valence-electron chi connectivity index (χ3n) is 3.05. The maximum atomic E-state index is 11.3. The van der Waals surface area contributed by atoms with Crippen LogP contribution < -0.4 is 0 Å². The van der Waals surface area contributed by atoms with Gasteiger partial charge in [-0.1, -0.05) is 5.16 Å². The number of hydrogen-bond acceptors (Lipinski definition) is 6. The summed E-state index contributed by atoms with van der Waals surface area (Å²) in [5.74, 6) is 1.57. The van der Waals surface area contributed by atoms with Gasteiger partial charge < -0.3 is 9.26 Å². The molecule has 0 amide bonds. The summed E-state index contributed by atoms with van der Waals surface area (Å²) >= 11 is 0. The van der Waals surface area contributed by atoms with Gasteiger partial charge in [-0.25, -0.2) is 0 Å². The van der Waals surface area contributed by atoms with Crippen LogP contribution in [-0.4, -0.2) is 40.7 Å². The average molecular weight is 253 g/mol. The molecule has 1 aromatic heterocycles. The van der Waals surface area contributed by atoms with E-state index < -0.39 is 0 Å². The highest BCUT2D eigenvalue weighted by Crippen LogP contribution is 2.38. The Morgan fingerprint density at radius 1 is 1.56 bits per heavy atom. The van der Waals surface area contributed by atoms with Gasteiger partial charge >= 0.3 is 5.97 Å². The Balaban J connectivity index is 1.96. The quantitative estimate of drug-likeness (QED) is 0.712. The molecule has 1 aliphatic rings. The number of carbonyl (C=O) groups is 1. The van der Waals surface area contributed by atoms with E-state index in [4.69, 9.17) is 4.52 Å². The Morgan fingerprint density at radius 3 is 2.83 bits per heavy atom. The van der Waals surface area contributed by atoms with Gasteiger partial charge in [-0.15, -0.1) is 0 Å². The van der Waals surface area contributed by atoms with Gasteiger partial charge in [0.2, 0.25) is 5.89 Å². The van der Waals surface area contributed by atoms with E-state index in [2.05, 4.69) is 14.9 Å². The SMILES string of the molecule is COC(=O)CN(Cc1noc(C2CC2)n1)C(C)C. The molecule has 0 radical (unpaired) electrons. The normalized spacial score (nSPS) is 15.4. The maximum Gasteiger partial charge on any atom is 0.319 e. The molecule has 0 spiro atoms. The van der Waals surface area contributed by atoms with Crippen LogP contribution in [0.25, 0.3) is 0 Å². The lowest BCUT2D eigenvalue weighted by molar-refractivity contribution is -0.142. The van der Waals surface area contributed by atoms with Crippen LogP contribution in [0.5, 0.6) is 0 Å². The highest BCUT2D eigenvalue weighted by molar-refractivity contribution is 5.71. The fraction of sp³-hybridized carbons (Fsp3) is 0.750. The van der Waals surface area contributed by atoms with Crippen LogP contribution >= 0.6 is 0 Å². The lowest BCUT2D eigenvalue weighted by Crippen LogP contribution is -2.36. The molecule has 1 fully saturated rings. The third-order valence-corrected chi connectivity index (χ3v) is 3.05. The average Bonchev–Trinajstić information content (AvgIpc) is 3.09. The number of esters is 1. The Bertz CT molecular complexity index is 412. The van der Waals surface area contributed by atoms with E-state index >= 15 is 0 Å². The number of methoxy groups -OCH3 is 1. The van der Waals surface area contributed by atoms with E-state index in [1.807, 2.05) is 18.7 Å². The van der Waals surface area contributed by atoms with Crippen molar-refractivity contribution in [3.05, 3.63) is 11.7 Å². The number of hydrogen-bond donors (Lipinski definition) is 0. The minimum absolute atomic E-state index is 0.215. The van der Waals surface area contributed by atoms with Crippen molar-refractivity contribution in [1.82, 2.24) is 15.0 Å². The molecule has 18 heavy (non-hydrogen) atoms. The highest BCUT2D eigenvalue weighted by Gasteiger charge is 2.30. The number of nitrogens with zero attached hydrogens (tertiary/aromatic N) is 3. The number of ether oxygens (including phenoxy) is 1. The van der Waals surface area contributed by atoms with Crippen LogP contribution in [0, 0.1) is 0 Å². The van der Waals surface area contributed by atoms with E-state index in [-0.39, 0.29) is 18.6 Å². The van der Waals surface area contributed by atoms with Gasteiger partial charge in [0.05, 0.1) is 20.2 Å². The van der Waals surface area contributed by atoms with Crippen LogP contribution in [0.1, 0.15) is 44.3 Å². The molecule has 0 aliphatic heterocycles. The fourth-order valence-electron chi connectivity index (χ4n) is 1.66. The summed E-state index contributed by atoms with van der Waals surface area (Å²) in [6.45, 7) is 4.78. The zero-order valence-corrected chi connectivity index (χ0v) is 11.0. The monoisotopic (exact) mass is 253 g/mol. The van der Waals surface area contributed by atoms with E-state index in [9.17, 15) is 4.79 Å². The molecule has 2 rings (SSSR count). The van der Waals surface area contributed by atoms with Crippen molar-refractivity contribution in [3.63, 3.8) is 0 Å². The second kappa shape index (κ2) is 5.48. The number of carbonyl (C=O) groups excluding carboxylic acids is 1. The molecule has 1 aliphatic carbocycles. The molecule has 0 saturated heterocycles. The first-order valence-corrected chi connectivity index (χ1v) is 6.23. The Labute approximate surface area is 106 Å². The van der Waals surface area contributed by atoms with E-state index in [0.717, 1.165) is 18.7 Å². The molecule has 0 aromatic carbocycles. The Kier molecular flexibility index (Phi) is 3.96. The third kappa shape index (κ3) is 3.29. The van der Waals surface area contributed by atoms with E-state index in [1.54, 1.807) is 0 Å². The summed E-state index contributed by atoms with van der Waals surface area (Å²) in [4.78, 5) is 17.6. The highest BCUT2D eigenvalue weighted by atomic mass is 16.5. The van der Waals surface area contributed by atoms with Crippen molar-refractivity contribution < 1.29 is 14.1 Å². The van der Waals surface area contributed by atoms with Gasteiger partial charge in [0.15, 0.2) is 5.82 Å². The van der Waals surface area contributed by atoms with Gasteiger partial charge in [0.25, 0.3) is 0 Å². The Morgan fingerprint density at radius 2 is 2.28 bits per heavy atom. The number of rotatable bonds is 6. The predicted molar refractivity (Wildman–Crippen MR) is 63.8 cm³/mol. The largest absolute Gasteiger partial charge is 0.468 e. The summed E-state index contributed by atoms with van der Waals surface area (Å²) in [6, 6.07) is 0.215. The summed E-state index contributed by atoms with van der Waals surface area (Å²) in [5.41, 5.74) is 0. The summed E-state index contributed by atoms with van der Waals surface area (Å²) in [6.07, 6.45) is 2.27. The molecule has 1 saturated carbocycles. The summed E-state index contributed by atoms with van der Waals surface area (Å²) in [7, 11) is 1.39. The lowest BCUT2D eigenvalue weighted by Gasteiger charge is -2.23. The van der Waals surface area contributed by atoms with Gasteiger partial charge in [0.1, 0.15) is 0 Å². The van der Waals surface area contributed by atoms with Crippen LogP contribution in [0.15, 0.2) is 4.52 Å². The maximum absolute atomic E-state index is 11.3. The molecular formula is C12H19N3O3. The molecule has 1 heterocycles.